The van der Waals surface area contributed by atoms with E-state index in [1.807, 2.05) is 24.3 Å². The average molecular weight is 449 g/mol. The Balaban J connectivity index is 1.28. The van der Waals surface area contributed by atoms with Gasteiger partial charge in [0.05, 0.1) is 12.6 Å². The molecule has 2 amide bonds. The van der Waals surface area contributed by atoms with Crippen LogP contribution in [-0.2, 0) is 14.3 Å². The highest BCUT2D eigenvalue weighted by Crippen LogP contribution is 2.44. The highest BCUT2D eigenvalue weighted by Gasteiger charge is 2.53. The molecule has 2 aromatic carbocycles. The van der Waals surface area contributed by atoms with Gasteiger partial charge in [-0.25, -0.2) is 9.59 Å². The third-order valence-electron chi connectivity index (χ3n) is 6.62. The van der Waals surface area contributed by atoms with E-state index in [0.717, 1.165) is 22.3 Å². The van der Waals surface area contributed by atoms with Gasteiger partial charge < -0.3 is 9.47 Å². The molecule has 0 bridgehead atoms. The van der Waals surface area contributed by atoms with Crippen LogP contribution in [0.1, 0.15) is 44.2 Å². The molecule has 7 nitrogen and oxygen atoms in total. The summed E-state index contributed by atoms with van der Waals surface area (Å²) in [5.41, 5.74) is 3.95. The first kappa shape index (κ1) is 21.5. The molecule has 172 valence electrons. The minimum atomic E-state index is -0.673. The average Bonchev–Trinajstić information content (AvgIpc) is 3.43. The third kappa shape index (κ3) is 3.75. The van der Waals surface area contributed by atoms with Crippen molar-refractivity contribution in [3.63, 3.8) is 0 Å². The second kappa shape index (κ2) is 7.90. The molecule has 5 rings (SSSR count). The molecular formula is C26H28N2O5. The molecule has 1 aliphatic carbocycles. The number of hydrogen-bond acceptors (Lipinski definition) is 5. The molecule has 0 radical (unpaired) electrons. The number of carbonyl (C=O) groups is 3. The quantitative estimate of drug-likeness (QED) is 0.688. The lowest BCUT2D eigenvalue weighted by Crippen LogP contribution is -2.44. The zero-order valence-corrected chi connectivity index (χ0v) is 19.1. The topological polar surface area (TPSA) is 76.2 Å². The second-order valence-electron chi connectivity index (χ2n) is 9.87. The SMILES string of the molecule is CC(C)(C)OC(=O)N1CC(=O)[C@@H]2[C@H]1CCN2C(=O)OCC1c2ccccc2-c2ccccc21. The van der Waals surface area contributed by atoms with Crippen molar-refractivity contribution in [2.45, 2.75) is 50.8 Å². The number of ether oxygens (including phenoxy) is 2. The van der Waals surface area contributed by atoms with Gasteiger partial charge in [-0.3, -0.25) is 14.6 Å². The summed E-state index contributed by atoms with van der Waals surface area (Å²) in [4.78, 5) is 41.3. The van der Waals surface area contributed by atoms with Crippen molar-refractivity contribution in [3.05, 3.63) is 59.7 Å². The molecular weight excluding hydrogens is 420 g/mol. The lowest BCUT2D eigenvalue weighted by molar-refractivity contribution is -0.120. The molecule has 3 aliphatic rings. The summed E-state index contributed by atoms with van der Waals surface area (Å²) in [5, 5.41) is 0. The van der Waals surface area contributed by atoms with Crippen LogP contribution in [-0.4, -0.2) is 65.2 Å². The molecule has 2 atom stereocenters. The Hall–Kier alpha value is -3.35. The fraction of sp³-hybridized carbons (Fsp3) is 0.423. The normalized spacial score (nSPS) is 21.6. The van der Waals surface area contributed by atoms with E-state index in [0.29, 0.717) is 13.0 Å². The number of likely N-dealkylation sites (tertiary alicyclic amines) is 2. The monoisotopic (exact) mass is 448 g/mol. The molecule has 2 aromatic rings. The van der Waals surface area contributed by atoms with Gasteiger partial charge in [-0.05, 0) is 49.4 Å². The summed E-state index contributed by atoms with van der Waals surface area (Å²) < 4.78 is 11.2. The maximum absolute atomic E-state index is 13.0. The molecule has 0 spiro atoms. The number of fused-ring (bicyclic) bond motifs is 4. The van der Waals surface area contributed by atoms with E-state index in [2.05, 4.69) is 24.3 Å². The first-order valence-corrected chi connectivity index (χ1v) is 11.4. The predicted octanol–water partition coefficient (Wildman–Crippen LogP) is 4.20. The van der Waals surface area contributed by atoms with Crippen molar-refractivity contribution in [1.82, 2.24) is 9.80 Å². The molecule has 2 aliphatic heterocycles. The van der Waals surface area contributed by atoms with Crippen molar-refractivity contribution < 1.29 is 23.9 Å². The molecule has 0 saturated carbocycles. The summed E-state index contributed by atoms with van der Waals surface area (Å²) in [6.07, 6.45) is -0.499. The van der Waals surface area contributed by atoms with Crippen LogP contribution in [0.15, 0.2) is 48.5 Å². The number of rotatable bonds is 2. The number of ketones is 1. The van der Waals surface area contributed by atoms with Crippen molar-refractivity contribution in [2.75, 3.05) is 19.7 Å². The van der Waals surface area contributed by atoms with E-state index in [1.165, 1.54) is 9.80 Å². The van der Waals surface area contributed by atoms with E-state index < -0.39 is 23.8 Å². The van der Waals surface area contributed by atoms with Crippen LogP contribution in [0.5, 0.6) is 0 Å². The van der Waals surface area contributed by atoms with Crippen LogP contribution in [0, 0.1) is 0 Å². The minimum absolute atomic E-state index is 0.0442. The third-order valence-corrected chi connectivity index (χ3v) is 6.62. The van der Waals surface area contributed by atoms with Crippen LogP contribution in [0.2, 0.25) is 0 Å². The van der Waals surface area contributed by atoms with Gasteiger partial charge in [0, 0.05) is 12.5 Å². The van der Waals surface area contributed by atoms with Crippen molar-refractivity contribution in [3.8, 4) is 11.1 Å². The van der Waals surface area contributed by atoms with Gasteiger partial charge in [-0.15, -0.1) is 0 Å². The number of hydrogen-bond donors (Lipinski definition) is 0. The minimum Gasteiger partial charge on any atom is -0.448 e. The summed E-state index contributed by atoms with van der Waals surface area (Å²) in [5.74, 6) is -0.200. The van der Waals surface area contributed by atoms with Gasteiger partial charge in [0.15, 0.2) is 5.78 Å². The van der Waals surface area contributed by atoms with Crippen molar-refractivity contribution in [2.24, 2.45) is 0 Å². The second-order valence-corrected chi connectivity index (χ2v) is 9.87. The fourth-order valence-corrected chi connectivity index (χ4v) is 5.27. The van der Waals surface area contributed by atoms with Crippen LogP contribution in [0.3, 0.4) is 0 Å². The largest absolute Gasteiger partial charge is 0.448 e. The highest BCUT2D eigenvalue weighted by molar-refractivity contribution is 5.95. The lowest BCUT2D eigenvalue weighted by atomic mass is 9.98. The Morgan fingerprint density at radius 3 is 2.15 bits per heavy atom. The fourth-order valence-electron chi connectivity index (χ4n) is 5.27. The molecule has 0 aromatic heterocycles. The number of benzene rings is 2. The number of amides is 2. The maximum atomic E-state index is 13.0. The van der Waals surface area contributed by atoms with Crippen LogP contribution in [0.4, 0.5) is 9.59 Å². The van der Waals surface area contributed by atoms with Crippen LogP contribution >= 0.6 is 0 Å². The van der Waals surface area contributed by atoms with E-state index >= 15 is 0 Å². The Morgan fingerprint density at radius 1 is 0.939 bits per heavy atom. The summed E-state index contributed by atoms with van der Waals surface area (Å²) in [6.45, 7) is 5.90. The van der Waals surface area contributed by atoms with Gasteiger partial charge in [0.25, 0.3) is 0 Å². The maximum Gasteiger partial charge on any atom is 0.411 e. The number of Topliss-reactive ketones (excluding diaryl/α,β-unsaturated/α-hetero) is 1. The van der Waals surface area contributed by atoms with Crippen LogP contribution in [0.25, 0.3) is 11.1 Å². The number of nitrogens with zero attached hydrogens (tertiary/aromatic N) is 2. The van der Waals surface area contributed by atoms with Crippen molar-refractivity contribution in [1.29, 1.82) is 0 Å². The van der Waals surface area contributed by atoms with Crippen molar-refractivity contribution >= 4 is 18.0 Å². The highest BCUT2D eigenvalue weighted by atomic mass is 16.6. The van der Waals surface area contributed by atoms with Gasteiger partial charge >= 0.3 is 12.2 Å². The van der Waals surface area contributed by atoms with E-state index in [-0.39, 0.29) is 30.9 Å². The van der Waals surface area contributed by atoms with E-state index in [1.54, 1.807) is 20.8 Å². The van der Waals surface area contributed by atoms with Gasteiger partial charge in [0.1, 0.15) is 18.2 Å². The van der Waals surface area contributed by atoms with Gasteiger partial charge in [-0.2, -0.15) is 0 Å². The van der Waals surface area contributed by atoms with Gasteiger partial charge in [-0.1, -0.05) is 48.5 Å². The smallest absolute Gasteiger partial charge is 0.411 e. The molecule has 2 saturated heterocycles. The first-order chi connectivity index (χ1) is 15.7. The summed E-state index contributed by atoms with van der Waals surface area (Å²) in [6, 6.07) is 15.3. The standard InChI is InChI=1S/C26H28N2O5/c1-26(2,3)33-25(31)28-14-22(29)23-21(28)12-13-27(23)24(30)32-15-20-18-10-6-4-8-16(18)17-9-5-7-11-19(17)20/h4-11,20-21,23H,12-15H2,1-3H3/t21-,23+/m1/s1. The molecule has 2 fully saturated rings. The first-order valence-electron chi connectivity index (χ1n) is 11.4. The van der Waals surface area contributed by atoms with E-state index in [9.17, 15) is 14.4 Å². The Bertz CT molecular complexity index is 1080. The lowest BCUT2D eigenvalue weighted by Gasteiger charge is -2.27. The molecule has 0 unspecified atom stereocenters. The molecule has 2 heterocycles. The molecule has 0 N–H and O–H groups in total. The van der Waals surface area contributed by atoms with E-state index in [4.69, 9.17) is 9.47 Å². The Morgan fingerprint density at radius 2 is 1.55 bits per heavy atom. The zero-order valence-electron chi connectivity index (χ0n) is 19.1. The van der Waals surface area contributed by atoms with Crippen LogP contribution < -0.4 is 0 Å². The van der Waals surface area contributed by atoms with Gasteiger partial charge in [0.2, 0.25) is 0 Å². The summed E-state index contributed by atoms with van der Waals surface area (Å²) in [7, 11) is 0. The summed E-state index contributed by atoms with van der Waals surface area (Å²) >= 11 is 0. The zero-order chi connectivity index (χ0) is 23.3. The predicted molar refractivity (Wildman–Crippen MR) is 122 cm³/mol. The Labute approximate surface area is 193 Å². The molecule has 33 heavy (non-hydrogen) atoms. The molecule has 7 heteroatoms. The number of carbonyl (C=O) groups excluding carboxylic acids is 3. The Kier molecular flexibility index (Phi) is 5.15.